The van der Waals surface area contributed by atoms with Gasteiger partial charge in [-0.3, -0.25) is 0 Å². The maximum atomic E-state index is 13.9. The summed E-state index contributed by atoms with van der Waals surface area (Å²) in [6.45, 7) is 1.97. The average molecular weight is 314 g/mol. The van der Waals surface area contributed by atoms with Gasteiger partial charge in [0.2, 0.25) is 0 Å². The molecule has 1 heterocycles. The van der Waals surface area contributed by atoms with Gasteiger partial charge in [-0.25, -0.2) is 4.39 Å². The van der Waals surface area contributed by atoms with Crippen molar-refractivity contribution >= 4 is 15.9 Å². The second-order valence-electron chi connectivity index (χ2n) is 4.22. The molecule has 1 fully saturated rings. The zero-order valence-corrected chi connectivity index (χ0v) is 11.4. The van der Waals surface area contributed by atoms with Gasteiger partial charge in [-0.15, -0.1) is 0 Å². The molecule has 1 aromatic carbocycles. The molecule has 0 amide bonds. The van der Waals surface area contributed by atoms with E-state index in [-0.39, 0.29) is 15.8 Å². The number of ether oxygens (including phenoxy) is 2. The molecule has 0 unspecified atom stereocenters. The van der Waals surface area contributed by atoms with Crippen LogP contribution < -0.4 is 4.74 Å². The lowest BCUT2D eigenvalue weighted by Crippen LogP contribution is -2.21. The van der Waals surface area contributed by atoms with Crippen LogP contribution in [0.2, 0.25) is 0 Å². The minimum absolute atomic E-state index is 0.162. The lowest BCUT2D eigenvalue weighted by Gasteiger charge is -2.22. The SMILES string of the molecule is N#Cc1ccc(OCC2CCOCC2)c(F)c1Br. The lowest BCUT2D eigenvalue weighted by atomic mass is 10.0. The summed E-state index contributed by atoms with van der Waals surface area (Å²) in [6.07, 6.45) is 1.89. The summed E-state index contributed by atoms with van der Waals surface area (Å²) in [6, 6.07) is 4.96. The van der Waals surface area contributed by atoms with E-state index in [2.05, 4.69) is 15.9 Å². The van der Waals surface area contributed by atoms with Crippen molar-refractivity contribution in [2.45, 2.75) is 12.8 Å². The highest BCUT2D eigenvalue weighted by Crippen LogP contribution is 2.29. The van der Waals surface area contributed by atoms with Crippen molar-refractivity contribution in [2.24, 2.45) is 5.92 Å². The highest BCUT2D eigenvalue weighted by Gasteiger charge is 2.17. The summed E-state index contributed by atoms with van der Waals surface area (Å²) >= 11 is 3.06. The fourth-order valence-electron chi connectivity index (χ4n) is 1.85. The quantitative estimate of drug-likeness (QED) is 0.860. The van der Waals surface area contributed by atoms with Crippen molar-refractivity contribution in [3.8, 4) is 11.8 Å². The first-order valence-electron chi connectivity index (χ1n) is 5.81. The Morgan fingerprint density at radius 1 is 1.44 bits per heavy atom. The van der Waals surface area contributed by atoms with E-state index in [1.165, 1.54) is 6.07 Å². The van der Waals surface area contributed by atoms with Crippen LogP contribution in [0.25, 0.3) is 0 Å². The van der Waals surface area contributed by atoms with Gasteiger partial charge in [0.1, 0.15) is 6.07 Å². The van der Waals surface area contributed by atoms with E-state index in [1.54, 1.807) is 6.07 Å². The molecular formula is C13H13BrFNO2. The van der Waals surface area contributed by atoms with Crippen LogP contribution in [0.4, 0.5) is 4.39 Å². The summed E-state index contributed by atoms with van der Waals surface area (Å²) in [7, 11) is 0. The lowest BCUT2D eigenvalue weighted by molar-refractivity contribution is 0.0491. The number of hydrogen-bond donors (Lipinski definition) is 0. The summed E-state index contributed by atoms with van der Waals surface area (Å²) in [5.74, 6) is 0.0843. The first-order valence-corrected chi connectivity index (χ1v) is 6.60. The van der Waals surface area contributed by atoms with Crippen LogP contribution in [0.5, 0.6) is 5.75 Å². The van der Waals surface area contributed by atoms with E-state index < -0.39 is 5.82 Å². The van der Waals surface area contributed by atoms with E-state index in [4.69, 9.17) is 14.7 Å². The molecule has 1 aromatic rings. The Hall–Kier alpha value is -1.12. The third kappa shape index (κ3) is 3.01. The van der Waals surface area contributed by atoms with Crippen LogP contribution in [-0.4, -0.2) is 19.8 Å². The van der Waals surface area contributed by atoms with Crippen LogP contribution in [0, 0.1) is 23.1 Å². The molecule has 1 aliphatic heterocycles. The first kappa shape index (κ1) is 13.3. The Bertz CT molecular complexity index is 467. The first-order chi connectivity index (χ1) is 8.72. The van der Waals surface area contributed by atoms with Gasteiger partial charge in [0, 0.05) is 13.2 Å². The largest absolute Gasteiger partial charge is 0.490 e. The highest BCUT2D eigenvalue weighted by atomic mass is 79.9. The summed E-state index contributed by atoms with van der Waals surface area (Å²) in [4.78, 5) is 0. The van der Waals surface area contributed by atoms with Crippen molar-refractivity contribution < 1.29 is 13.9 Å². The molecular weight excluding hydrogens is 301 g/mol. The summed E-state index contributed by atoms with van der Waals surface area (Å²) < 4.78 is 24.8. The van der Waals surface area contributed by atoms with Crippen LogP contribution in [-0.2, 0) is 4.74 Å². The smallest absolute Gasteiger partial charge is 0.180 e. The van der Waals surface area contributed by atoms with E-state index in [9.17, 15) is 4.39 Å². The monoisotopic (exact) mass is 313 g/mol. The molecule has 0 spiro atoms. The van der Waals surface area contributed by atoms with Gasteiger partial charge in [-0.2, -0.15) is 5.26 Å². The topological polar surface area (TPSA) is 42.2 Å². The zero-order chi connectivity index (χ0) is 13.0. The molecule has 18 heavy (non-hydrogen) atoms. The minimum Gasteiger partial charge on any atom is -0.490 e. The average Bonchev–Trinajstić information content (AvgIpc) is 2.42. The molecule has 96 valence electrons. The van der Waals surface area contributed by atoms with Gasteiger partial charge in [0.05, 0.1) is 16.6 Å². The van der Waals surface area contributed by atoms with Crippen molar-refractivity contribution in [3.63, 3.8) is 0 Å². The van der Waals surface area contributed by atoms with Gasteiger partial charge < -0.3 is 9.47 Å². The van der Waals surface area contributed by atoms with Crippen molar-refractivity contribution in [3.05, 3.63) is 28.0 Å². The minimum atomic E-state index is -0.513. The molecule has 0 N–H and O–H groups in total. The second kappa shape index (κ2) is 6.17. The maximum Gasteiger partial charge on any atom is 0.180 e. The van der Waals surface area contributed by atoms with Crippen molar-refractivity contribution in [1.82, 2.24) is 0 Å². The molecule has 1 saturated heterocycles. The van der Waals surface area contributed by atoms with Gasteiger partial charge in [-0.1, -0.05) is 0 Å². The van der Waals surface area contributed by atoms with Crippen LogP contribution in [0.1, 0.15) is 18.4 Å². The number of benzene rings is 1. The third-order valence-electron chi connectivity index (χ3n) is 2.98. The maximum absolute atomic E-state index is 13.9. The molecule has 0 aromatic heterocycles. The molecule has 3 nitrogen and oxygen atoms in total. The van der Waals surface area contributed by atoms with Crippen LogP contribution in [0.3, 0.4) is 0 Å². The normalized spacial score (nSPS) is 16.3. The molecule has 2 rings (SSSR count). The van der Waals surface area contributed by atoms with Gasteiger partial charge in [-0.05, 0) is 46.8 Å². The zero-order valence-electron chi connectivity index (χ0n) is 9.79. The number of rotatable bonds is 3. The number of halogens is 2. The second-order valence-corrected chi connectivity index (χ2v) is 5.01. The van der Waals surface area contributed by atoms with Crippen LogP contribution in [0.15, 0.2) is 16.6 Å². The Morgan fingerprint density at radius 2 is 2.17 bits per heavy atom. The predicted molar refractivity (Wildman–Crippen MR) is 67.9 cm³/mol. The number of hydrogen-bond acceptors (Lipinski definition) is 3. The van der Waals surface area contributed by atoms with Gasteiger partial charge >= 0.3 is 0 Å². The van der Waals surface area contributed by atoms with E-state index in [0.717, 1.165) is 26.1 Å². The fourth-order valence-corrected chi connectivity index (χ4v) is 2.27. The highest BCUT2D eigenvalue weighted by molar-refractivity contribution is 9.10. The Kier molecular flexibility index (Phi) is 4.56. The standard InChI is InChI=1S/C13H13BrFNO2/c14-12-10(7-16)1-2-11(13(12)15)18-8-9-3-5-17-6-4-9/h1-2,9H,3-6,8H2. The Labute approximate surface area is 114 Å². The summed E-state index contributed by atoms with van der Waals surface area (Å²) in [5.41, 5.74) is 0.269. The fraction of sp³-hybridized carbons (Fsp3) is 0.462. The van der Waals surface area contributed by atoms with Gasteiger partial charge in [0.15, 0.2) is 11.6 Å². The molecule has 5 heteroatoms. The number of nitriles is 1. The van der Waals surface area contributed by atoms with E-state index in [0.29, 0.717) is 12.5 Å². The molecule has 0 atom stereocenters. The Balaban J connectivity index is 2.01. The molecule has 0 radical (unpaired) electrons. The molecule has 1 aliphatic rings. The van der Waals surface area contributed by atoms with E-state index >= 15 is 0 Å². The predicted octanol–water partition coefficient (Wildman–Crippen LogP) is 3.27. The third-order valence-corrected chi connectivity index (χ3v) is 3.76. The molecule has 0 aliphatic carbocycles. The van der Waals surface area contributed by atoms with Gasteiger partial charge in [0.25, 0.3) is 0 Å². The van der Waals surface area contributed by atoms with Crippen molar-refractivity contribution in [1.29, 1.82) is 5.26 Å². The van der Waals surface area contributed by atoms with E-state index in [1.807, 2.05) is 6.07 Å². The van der Waals surface area contributed by atoms with Crippen molar-refractivity contribution in [2.75, 3.05) is 19.8 Å². The molecule has 0 bridgehead atoms. The molecule has 0 saturated carbocycles. The summed E-state index contributed by atoms with van der Waals surface area (Å²) in [5, 5.41) is 8.77. The van der Waals surface area contributed by atoms with Crippen LogP contribution >= 0.6 is 15.9 Å². The Morgan fingerprint density at radius 3 is 2.83 bits per heavy atom. The number of nitrogens with zero attached hydrogens (tertiary/aromatic N) is 1.